The number of hydrogen-bond acceptors (Lipinski definition) is 2. The molecule has 2 N–H and O–H groups in total. The van der Waals surface area contributed by atoms with Gasteiger partial charge in [0.2, 0.25) is 0 Å². The highest BCUT2D eigenvalue weighted by molar-refractivity contribution is 6.23. The lowest BCUT2D eigenvalue weighted by Gasteiger charge is -2.34. The predicted molar refractivity (Wildman–Crippen MR) is 271 cm³/mol. The first-order valence-electron chi connectivity index (χ1n) is 22.1. The van der Waals surface area contributed by atoms with Crippen LogP contribution in [0.25, 0.3) is 66.1 Å². The number of aryl methyl sites for hydroxylation is 1. The van der Waals surface area contributed by atoms with Gasteiger partial charge in [-0.25, -0.2) is 0 Å². The van der Waals surface area contributed by atoms with E-state index in [0.717, 1.165) is 47.6 Å². The highest BCUT2D eigenvalue weighted by Crippen LogP contribution is 2.42. The average Bonchev–Trinajstić information content (AvgIpc) is 3.58. The smallest absolute Gasteiger partial charge is 0.0537 e. The Morgan fingerprint density at radius 1 is 0.738 bits per heavy atom. The van der Waals surface area contributed by atoms with Crippen molar-refractivity contribution in [2.45, 2.75) is 74.1 Å². The Hall–Kier alpha value is -6.58. The molecule has 0 saturated carbocycles. The monoisotopic (exact) mass is 799 g/mol. The van der Waals surface area contributed by atoms with Crippen LogP contribution >= 0.6 is 0 Å². The van der Waals surface area contributed by atoms with Crippen LogP contribution in [-0.2, 0) is 0 Å². The zero-order chi connectivity index (χ0) is 43.2. The Morgan fingerprint density at radius 2 is 1.41 bits per heavy atom. The number of para-hydroxylation sites is 2. The van der Waals surface area contributed by atoms with Gasteiger partial charge in [0.15, 0.2) is 0 Å². The second-order valence-corrected chi connectivity index (χ2v) is 16.0. The lowest BCUT2D eigenvalue weighted by atomic mass is 9.89. The molecule has 9 rings (SSSR count). The van der Waals surface area contributed by atoms with Crippen LogP contribution in [0, 0.1) is 6.92 Å². The van der Waals surface area contributed by atoms with E-state index >= 15 is 0 Å². The SMILES string of the molecule is C=C/C=C\c1c(C)c2ccccc2n1-c1cc(/C(=C/N)CC)cc(N2CC(/C=C\CC)=C(C)c3ccccc32)c1.CC.CC(C)c1ccc2ccc3cccc4ccc1c2c34. The maximum atomic E-state index is 6.17. The van der Waals surface area contributed by atoms with Crippen LogP contribution in [-0.4, -0.2) is 11.1 Å². The second-order valence-electron chi connectivity index (χ2n) is 16.0. The van der Waals surface area contributed by atoms with Gasteiger partial charge in [0.25, 0.3) is 0 Å². The Kier molecular flexibility index (Phi) is 13.1. The summed E-state index contributed by atoms with van der Waals surface area (Å²) in [5.41, 5.74) is 20.9. The third kappa shape index (κ3) is 8.05. The number of rotatable bonds is 9. The van der Waals surface area contributed by atoms with Gasteiger partial charge in [-0.3, -0.25) is 0 Å². The standard InChI is InChI=1S/C37H39N3.C19H16.C2H6/c1-6-9-15-29-25-39(36-19-13-11-16-33(36)26(29)4)31-21-30(28(8-3)24-38)22-32(23-31)40-35(18-10-7-2)27(5)34-17-12-14-20-37(34)40;1-12(2)16-10-8-15-7-6-13-4-3-5-14-9-11-17(16)19(15)18(13)14;1-2/h7,9-24H,2,6,8,25,38H2,1,3-5H3;3-12H,1-2H3;1-2H3/b15-9-,18-10-,28-24+;;. The molecule has 0 unspecified atom stereocenters. The molecule has 1 aliphatic rings. The molecule has 0 amide bonds. The summed E-state index contributed by atoms with van der Waals surface area (Å²) >= 11 is 0. The Balaban J connectivity index is 0.000000221. The number of nitrogens with two attached hydrogens (primary N) is 1. The maximum Gasteiger partial charge on any atom is 0.0537 e. The summed E-state index contributed by atoms with van der Waals surface area (Å²) in [5, 5.41) is 9.55. The zero-order valence-electron chi connectivity index (χ0n) is 37.4. The van der Waals surface area contributed by atoms with E-state index in [2.05, 4.69) is 197 Å². The van der Waals surface area contributed by atoms with Crippen LogP contribution in [0.2, 0.25) is 0 Å². The number of fused-ring (bicyclic) bond motifs is 2. The molecule has 8 aromatic rings. The fourth-order valence-electron chi connectivity index (χ4n) is 9.04. The lowest BCUT2D eigenvalue weighted by Crippen LogP contribution is -2.25. The molecule has 0 spiro atoms. The number of hydrogen-bond donors (Lipinski definition) is 1. The second kappa shape index (κ2) is 18.8. The molecule has 3 heteroatoms. The fraction of sp³-hybridized carbons (Fsp3) is 0.207. The van der Waals surface area contributed by atoms with E-state index in [1.165, 1.54) is 76.7 Å². The van der Waals surface area contributed by atoms with Crippen LogP contribution in [0.4, 0.5) is 11.4 Å². The first kappa shape index (κ1) is 42.5. The number of anilines is 2. The van der Waals surface area contributed by atoms with Gasteiger partial charge in [0.1, 0.15) is 0 Å². The van der Waals surface area contributed by atoms with Gasteiger partial charge >= 0.3 is 0 Å². The summed E-state index contributed by atoms with van der Waals surface area (Å²) < 4.78 is 2.37. The zero-order valence-corrected chi connectivity index (χ0v) is 37.4. The molecule has 0 fully saturated rings. The normalized spacial score (nSPS) is 13.1. The largest absolute Gasteiger partial charge is 0.404 e. The van der Waals surface area contributed by atoms with E-state index in [9.17, 15) is 0 Å². The number of aromatic nitrogens is 1. The molecular weight excluding hydrogens is 739 g/mol. The van der Waals surface area contributed by atoms with Crippen LogP contribution in [0.3, 0.4) is 0 Å². The minimum absolute atomic E-state index is 0.560. The van der Waals surface area contributed by atoms with E-state index in [0.29, 0.717) is 5.92 Å². The molecule has 0 atom stereocenters. The average molecular weight is 800 g/mol. The third-order valence-corrected chi connectivity index (χ3v) is 12.1. The highest BCUT2D eigenvalue weighted by atomic mass is 15.1. The van der Waals surface area contributed by atoms with Crippen molar-refractivity contribution in [2.24, 2.45) is 5.73 Å². The lowest BCUT2D eigenvalue weighted by molar-refractivity contribution is 0.877. The van der Waals surface area contributed by atoms with Gasteiger partial charge in [-0.1, -0.05) is 163 Å². The molecule has 1 aromatic heterocycles. The summed E-state index contributed by atoms with van der Waals surface area (Å²) in [6.45, 7) is 22.1. The van der Waals surface area contributed by atoms with E-state index in [1.807, 2.05) is 26.0 Å². The summed E-state index contributed by atoms with van der Waals surface area (Å²) in [4.78, 5) is 2.45. The van der Waals surface area contributed by atoms with Gasteiger partial charge in [0, 0.05) is 40.3 Å². The van der Waals surface area contributed by atoms with Crippen molar-refractivity contribution in [3.63, 3.8) is 0 Å². The predicted octanol–water partition coefficient (Wildman–Crippen LogP) is 16.5. The van der Waals surface area contributed by atoms with Gasteiger partial charge in [-0.2, -0.15) is 0 Å². The molecule has 0 aliphatic carbocycles. The van der Waals surface area contributed by atoms with E-state index in [4.69, 9.17) is 5.73 Å². The molecule has 2 heterocycles. The van der Waals surface area contributed by atoms with E-state index in [-0.39, 0.29) is 0 Å². The van der Waals surface area contributed by atoms with Crippen molar-refractivity contribution in [3.8, 4) is 5.69 Å². The van der Waals surface area contributed by atoms with E-state index in [1.54, 1.807) is 6.20 Å². The molecular formula is C58H61N3. The molecule has 61 heavy (non-hydrogen) atoms. The molecule has 7 aromatic carbocycles. The van der Waals surface area contributed by atoms with Gasteiger partial charge in [-0.05, 0) is 141 Å². The minimum Gasteiger partial charge on any atom is -0.404 e. The van der Waals surface area contributed by atoms with E-state index < -0.39 is 0 Å². The molecule has 1 aliphatic heterocycles. The fourth-order valence-corrected chi connectivity index (χ4v) is 9.04. The number of nitrogens with zero attached hydrogens (tertiary/aromatic N) is 2. The maximum absolute atomic E-state index is 6.17. The van der Waals surface area contributed by atoms with Crippen molar-refractivity contribution in [2.75, 3.05) is 11.4 Å². The topological polar surface area (TPSA) is 34.2 Å². The summed E-state index contributed by atoms with van der Waals surface area (Å²) in [6, 6.07) is 44.4. The summed E-state index contributed by atoms with van der Waals surface area (Å²) in [7, 11) is 0. The Labute approximate surface area is 363 Å². The summed E-state index contributed by atoms with van der Waals surface area (Å²) in [6.07, 6.45) is 14.2. The molecule has 3 nitrogen and oxygen atoms in total. The van der Waals surface area contributed by atoms with Crippen LogP contribution in [0.1, 0.15) is 95.2 Å². The first-order chi connectivity index (χ1) is 29.8. The van der Waals surface area contributed by atoms with Crippen molar-refractivity contribution in [3.05, 3.63) is 192 Å². The molecule has 0 radical (unpaired) electrons. The van der Waals surface area contributed by atoms with Gasteiger partial charge < -0.3 is 15.2 Å². The van der Waals surface area contributed by atoms with Crippen molar-refractivity contribution >= 4 is 71.8 Å². The van der Waals surface area contributed by atoms with Crippen LogP contribution < -0.4 is 10.6 Å². The highest BCUT2D eigenvalue weighted by Gasteiger charge is 2.24. The first-order valence-corrected chi connectivity index (χ1v) is 22.1. The number of benzene rings is 7. The number of allylic oxidation sites excluding steroid dienone is 5. The van der Waals surface area contributed by atoms with Crippen LogP contribution in [0.5, 0.6) is 0 Å². The summed E-state index contributed by atoms with van der Waals surface area (Å²) in [5.74, 6) is 0.560. The third-order valence-electron chi connectivity index (χ3n) is 12.1. The van der Waals surface area contributed by atoms with Crippen molar-refractivity contribution in [1.29, 1.82) is 0 Å². The molecule has 0 saturated heterocycles. The quantitative estimate of drug-likeness (QED) is 0.117. The van der Waals surface area contributed by atoms with Crippen molar-refractivity contribution < 1.29 is 0 Å². The van der Waals surface area contributed by atoms with Gasteiger partial charge in [-0.15, -0.1) is 0 Å². The minimum atomic E-state index is 0.560. The van der Waals surface area contributed by atoms with Crippen LogP contribution in [0.15, 0.2) is 164 Å². The van der Waals surface area contributed by atoms with Gasteiger partial charge in [0.05, 0.1) is 5.52 Å². The van der Waals surface area contributed by atoms with Crippen molar-refractivity contribution in [1.82, 2.24) is 4.57 Å². The Morgan fingerprint density at radius 3 is 2.11 bits per heavy atom. The molecule has 308 valence electrons. The Bertz CT molecular complexity index is 2950. The molecule has 0 bridgehead atoms.